The maximum Gasteiger partial charge on any atom is 0.175 e. The Morgan fingerprint density at radius 2 is 2.05 bits per heavy atom. The molecule has 1 N–H and O–H groups in total. The second-order valence-corrected chi connectivity index (χ2v) is 5.66. The van der Waals surface area contributed by atoms with Crippen molar-refractivity contribution in [2.75, 3.05) is 13.2 Å². The predicted octanol–water partition coefficient (Wildman–Crippen LogP) is 2.64. The molecule has 4 heteroatoms. The summed E-state index contributed by atoms with van der Waals surface area (Å²) in [5.41, 5.74) is 1.26. The maximum absolute atomic E-state index is 10.1. The Labute approximate surface area is 117 Å². The van der Waals surface area contributed by atoms with Crippen molar-refractivity contribution in [3.8, 4) is 0 Å². The predicted molar refractivity (Wildman–Crippen MR) is 75.9 cm³/mol. The molecule has 2 unspecified atom stereocenters. The highest BCUT2D eigenvalue weighted by molar-refractivity contribution is 7.10. The summed E-state index contributed by atoms with van der Waals surface area (Å²) < 4.78 is 5.40. The van der Waals surface area contributed by atoms with Crippen molar-refractivity contribution in [3.63, 3.8) is 0 Å². The van der Waals surface area contributed by atoms with Crippen LogP contribution in [0.1, 0.15) is 16.5 Å². The summed E-state index contributed by atoms with van der Waals surface area (Å²) in [5.74, 6) is 0. The van der Waals surface area contributed by atoms with Gasteiger partial charge in [0.1, 0.15) is 0 Å². The van der Waals surface area contributed by atoms with Gasteiger partial charge in [0.25, 0.3) is 0 Å². The third-order valence-corrected chi connectivity index (χ3v) is 4.34. The minimum atomic E-state index is -0.740. The van der Waals surface area contributed by atoms with Gasteiger partial charge in [0.15, 0.2) is 6.29 Å². The number of aliphatic hydroxyl groups excluding tert-OH is 1. The van der Waals surface area contributed by atoms with E-state index in [0.29, 0.717) is 6.61 Å². The Kier molecular flexibility index (Phi) is 3.94. The van der Waals surface area contributed by atoms with Gasteiger partial charge < -0.3 is 9.84 Å². The molecule has 0 aliphatic carbocycles. The van der Waals surface area contributed by atoms with Crippen LogP contribution in [-0.4, -0.2) is 29.4 Å². The van der Waals surface area contributed by atoms with Crippen LogP contribution in [0.15, 0.2) is 47.8 Å². The summed E-state index contributed by atoms with van der Waals surface area (Å²) in [6.45, 7) is 2.26. The van der Waals surface area contributed by atoms with Gasteiger partial charge in [0.05, 0.1) is 12.6 Å². The number of aliphatic hydroxyl groups is 1. The molecular formula is C15H17NO2S. The second-order valence-electron chi connectivity index (χ2n) is 4.68. The van der Waals surface area contributed by atoms with E-state index in [0.717, 1.165) is 18.0 Å². The van der Waals surface area contributed by atoms with Crippen LogP contribution in [0, 0.1) is 0 Å². The summed E-state index contributed by atoms with van der Waals surface area (Å²) in [6.07, 6.45) is -0.740. The molecule has 1 aromatic heterocycles. The highest BCUT2D eigenvalue weighted by atomic mass is 32.1. The first-order valence-corrected chi connectivity index (χ1v) is 7.33. The molecule has 1 aliphatic rings. The molecule has 1 aromatic carbocycles. The molecule has 19 heavy (non-hydrogen) atoms. The van der Waals surface area contributed by atoms with E-state index in [9.17, 15) is 5.11 Å². The van der Waals surface area contributed by atoms with Gasteiger partial charge in [-0.15, -0.1) is 11.3 Å². The minimum absolute atomic E-state index is 0.0612. The zero-order valence-corrected chi connectivity index (χ0v) is 11.4. The zero-order valence-electron chi connectivity index (χ0n) is 10.6. The number of hydrogen-bond acceptors (Lipinski definition) is 4. The van der Waals surface area contributed by atoms with Gasteiger partial charge in [-0.3, -0.25) is 4.90 Å². The van der Waals surface area contributed by atoms with E-state index in [4.69, 9.17) is 4.74 Å². The Bertz CT molecular complexity index is 500. The topological polar surface area (TPSA) is 32.7 Å². The largest absolute Gasteiger partial charge is 0.366 e. The molecule has 1 aliphatic heterocycles. The van der Waals surface area contributed by atoms with Gasteiger partial charge in [-0.1, -0.05) is 36.4 Å². The number of hydrogen-bond donors (Lipinski definition) is 1. The zero-order chi connectivity index (χ0) is 13.1. The molecule has 0 amide bonds. The number of benzene rings is 1. The van der Waals surface area contributed by atoms with Crippen LogP contribution in [0.25, 0.3) is 0 Å². The van der Waals surface area contributed by atoms with Gasteiger partial charge in [-0.2, -0.15) is 0 Å². The van der Waals surface area contributed by atoms with Crippen molar-refractivity contribution in [2.24, 2.45) is 0 Å². The molecule has 0 bridgehead atoms. The van der Waals surface area contributed by atoms with Crippen molar-refractivity contribution in [1.29, 1.82) is 0 Å². The van der Waals surface area contributed by atoms with Crippen molar-refractivity contribution >= 4 is 11.3 Å². The Morgan fingerprint density at radius 1 is 1.21 bits per heavy atom. The smallest absolute Gasteiger partial charge is 0.175 e. The number of nitrogens with zero attached hydrogens (tertiary/aromatic N) is 1. The number of rotatable bonds is 3. The van der Waals surface area contributed by atoms with E-state index >= 15 is 0 Å². The molecular weight excluding hydrogens is 258 g/mol. The Hall–Kier alpha value is -1.20. The molecule has 100 valence electrons. The second kappa shape index (κ2) is 5.84. The lowest BCUT2D eigenvalue weighted by atomic mass is 10.1. The normalized spacial score (nSPS) is 24.5. The number of thiophene rings is 1. The van der Waals surface area contributed by atoms with Crippen molar-refractivity contribution in [2.45, 2.75) is 18.9 Å². The highest BCUT2D eigenvalue weighted by Gasteiger charge is 2.32. The monoisotopic (exact) mass is 275 g/mol. The standard InChI is InChI=1S/C15H17NO2S/c17-15-14(13-7-4-10-19-13)16(8-9-18-15)11-12-5-2-1-3-6-12/h1-7,10,14-15,17H,8-9,11H2. The van der Waals surface area contributed by atoms with Crippen LogP contribution in [0.5, 0.6) is 0 Å². The first-order chi connectivity index (χ1) is 9.34. The van der Waals surface area contributed by atoms with Crippen LogP contribution in [0.3, 0.4) is 0 Å². The van der Waals surface area contributed by atoms with Crippen LogP contribution in [0.2, 0.25) is 0 Å². The van der Waals surface area contributed by atoms with E-state index in [1.807, 2.05) is 29.6 Å². The summed E-state index contributed by atoms with van der Waals surface area (Å²) in [7, 11) is 0. The third-order valence-electron chi connectivity index (χ3n) is 3.39. The Morgan fingerprint density at radius 3 is 2.79 bits per heavy atom. The lowest BCUT2D eigenvalue weighted by molar-refractivity contribution is -0.183. The van der Waals surface area contributed by atoms with Gasteiger partial charge in [-0.25, -0.2) is 0 Å². The van der Waals surface area contributed by atoms with Crippen molar-refractivity contribution in [3.05, 3.63) is 58.3 Å². The third kappa shape index (κ3) is 2.87. The molecule has 0 spiro atoms. The summed E-state index contributed by atoms with van der Waals surface area (Å²) in [4.78, 5) is 3.44. The first kappa shape index (κ1) is 12.8. The fourth-order valence-corrected chi connectivity index (χ4v) is 3.35. The molecule has 3 nitrogen and oxygen atoms in total. The van der Waals surface area contributed by atoms with Crippen LogP contribution < -0.4 is 0 Å². The van der Waals surface area contributed by atoms with E-state index in [1.54, 1.807) is 11.3 Å². The Balaban J connectivity index is 1.81. The molecule has 0 saturated carbocycles. The van der Waals surface area contributed by atoms with Crippen LogP contribution >= 0.6 is 11.3 Å². The summed E-state index contributed by atoms with van der Waals surface area (Å²) >= 11 is 1.67. The molecule has 2 heterocycles. The quantitative estimate of drug-likeness (QED) is 0.934. The van der Waals surface area contributed by atoms with Gasteiger partial charge in [0, 0.05) is 18.0 Å². The van der Waals surface area contributed by atoms with Crippen molar-refractivity contribution in [1.82, 2.24) is 4.90 Å². The fourth-order valence-electron chi connectivity index (χ4n) is 2.48. The van der Waals surface area contributed by atoms with E-state index < -0.39 is 6.29 Å². The van der Waals surface area contributed by atoms with Crippen LogP contribution in [0.4, 0.5) is 0 Å². The van der Waals surface area contributed by atoms with E-state index in [-0.39, 0.29) is 6.04 Å². The lowest BCUT2D eigenvalue weighted by Gasteiger charge is -2.38. The molecule has 1 saturated heterocycles. The molecule has 2 aromatic rings. The number of morpholine rings is 1. The van der Waals surface area contributed by atoms with Gasteiger partial charge >= 0.3 is 0 Å². The number of ether oxygens (including phenoxy) is 1. The average molecular weight is 275 g/mol. The van der Waals surface area contributed by atoms with Gasteiger partial charge in [0.2, 0.25) is 0 Å². The lowest BCUT2D eigenvalue weighted by Crippen LogP contribution is -2.44. The SMILES string of the molecule is OC1OCCN(Cc2ccccc2)C1c1cccs1. The average Bonchev–Trinajstić information content (AvgIpc) is 2.94. The fraction of sp³-hybridized carbons (Fsp3) is 0.333. The summed E-state index contributed by atoms with van der Waals surface area (Å²) in [6, 6.07) is 14.4. The maximum atomic E-state index is 10.1. The molecule has 1 fully saturated rings. The molecule has 2 atom stereocenters. The molecule has 3 rings (SSSR count). The minimum Gasteiger partial charge on any atom is -0.366 e. The van der Waals surface area contributed by atoms with E-state index in [1.165, 1.54) is 5.56 Å². The van der Waals surface area contributed by atoms with E-state index in [2.05, 4.69) is 23.1 Å². The van der Waals surface area contributed by atoms with Crippen LogP contribution in [-0.2, 0) is 11.3 Å². The molecule has 0 radical (unpaired) electrons. The van der Waals surface area contributed by atoms with Crippen molar-refractivity contribution < 1.29 is 9.84 Å². The first-order valence-electron chi connectivity index (χ1n) is 6.45. The highest BCUT2D eigenvalue weighted by Crippen LogP contribution is 2.32. The van der Waals surface area contributed by atoms with Gasteiger partial charge in [-0.05, 0) is 17.0 Å². The summed E-state index contributed by atoms with van der Waals surface area (Å²) in [5, 5.41) is 12.2.